The van der Waals surface area contributed by atoms with Crippen molar-refractivity contribution >= 4 is 22.9 Å². The van der Waals surface area contributed by atoms with Crippen molar-refractivity contribution in [3.63, 3.8) is 0 Å². The highest BCUT2D eigenvalue weighted by Crippen LogP contribution is 2.14. The predicted octanol–water partition coefficient (Wildman–Crippen LogP) is 2.07. The summed E-state index contributed by atoms with van der Waals surface area (Å²) in [6.07, 6.45) is 0. The zero-order valence-electron chi connectivity index (χ0n) is 11.7. The summed E-state index contributed by atoms with van der Waals surface area (Å²) < 4.78 is 26.5. The third-order valence-electron chi connectivity index (χ3n) is 3.12. The third kappa shape index (κ3) is 4.61. The second-order valence-corrected chi connectivity index (χ2v) is 5.74. The number of hydrogen-bond acceptors (Lipinski definition) is 2. The van der Waals surface area contributed by atoms with Crippen molar-refractivity contribution < 1.29 is 18.5 Å². The number of carbonyl (C=O) groups is 1. The molecule has 0 bridgehead atoms. The monoisotopic (exact) mass is 311 g/mol. The normalized spacial score (nSPS) is 12.1. The van der Waals surface area contributed by atoms with Gasteiger partial charge in [0.25, 0.3) is 5.91 Å². The largest absolute Gasteiger partial charge is 0.323 e. The molecule has 0 saturated heterocycles. The van der Waals surface area contributed by atoms with Gasteiger partial charge in [-0.25, -0.2) is 8.78 Å². The zero-order valence-corrected chi connectivity index (χ0v) is 12.5. The number of hydrogen-bond donors (Lipinski definition) is 2. The van der Waals surface area contributed by atoms with Crippen LogP contribution in [0.25, 0.3) is 0 Å². The van der Waals surface area contributed by atoms with Crippen LogP contribution in [-0.2, 0) is 11.3 Å². The summed E-state index contributed by atoms with van der Waals surface area (Å²) in [4.78, 5) is 14.2. The summed E-state index contributed by atoms with van der Waals surface area (Å²) in [5.74, 6) is -1.54. The van der Waals surface area contributed by atoms with Gasteiger partial charge in [-0.1, -0.05) is 6.07 Å². The standard InChI is InChI=1S/C15H16F2N2OS/c1-2-19(9-12-4-3-7-21-12)10-15(20)18-14-8-11(16)5-6-13(14)17/h3-8H,2,9-10H2,1H3,(H,18,20)/p+1. The molecule has 0 spiro atoms. The minimum Gasteiger partial charge on any atom is -0.323 e. The van der Waals surface area contributed by atoms with Crippen LogP contribution in [0.1, 0.15) is 11.8 Å². The molecule has 0 aliphatic rings. The van der Waals surface area contributed by atoms with Crippen LogP contribution in [0.4, 0.5) is 14.5 Å². The van der Waals surface area contributed by atoms with Crippen molar-refractivity contribution in [2.45, 2.75) is 13.5 Å². The first kappa shape index (κ1) is 15.6. The SMILES string of the molecule is CC[NH+](CC(=O)Nc1cc(F)ccc1F)Cc1cccs1. The van der Waals surface area contributed by atoms with Crippen molar-refractivity contribution in [1.29, 1.82) is 0 Å². The molecule has 0 saturated carbocycles. The van der Waals surface area contributed by atoms with E-state index in [0.717, 1.165) is 36.2 Å². The number of anilines is 1. The van der Waals surface area contributed by atoms with E-state index in [1.165, 1.54) is 4.88 Å². The van der Waals surface area contributed by atoms with Gasteiger partial charge in [0, 0.05) is 6.07 Å². The average molecular weight is 311 g/mol. The molecule has 2 aromatic rings. The van der Waals surface area contributed by atoms with E-state index in [-0.39, 0.29) is 18.1 Å². The third-order valence-corrected chi connectivity index (χ3v) is 3.99. The Morgan fingerprint density at radius 1 is 1.33 bits per heavy atom. The molecule has 0 radical (unpaired) electrons. The van der Waals surface area contributed by atoms with Crippen molar-refractivity contribution in [3.05, 3.63) is 52.2 Å². The highest BCUT2D eigenvalue weighted by atomic mass is 32.1. The summed E-state index contributed by atoms with van der Waals surface area (Å²) in [6.45, 7) is 3.72. The van der Waals surface area contributed by atoms with E-state index >= 15 is 0 Å². The number of halogens is 2. The molecule has 0 fully saturated rings. The summed E-state index contributed by atoms with van der Waals surface area (Å²) in [6, 6.07) is 6.99. The van der Waals surface area contributed by atoms with E-state index in [9.17, 15) is 13.6 Å². The molecule has 0 aliphatic carbocycles. The van der Waals surface area contributed by atoms with E-state index < -0.39 is 11.6 Å². The number of carbonyl (C=O) groups excluding carboxylic acids is 1. The minimum absolute atomic E-state index is 0.119. The maximum absolute atomic E-state index is 13.5. The van der Waals surface area contributed by atoms with Gasteiger partial charge in [0.05, 0.1) is 17.1 Å². The zero-order chi connectivity index (χ0) is 15.2. The van der Waals surface area contributed by atoms with Gasteiger partial charge in [-0.3, -0.25) is 4.79 Å². The van der Waals surface area contributed by atoms with E-state index in [1.54, 1.807) is 11.3 Å². The molecule has 6 heteroatoms. The van der Waals surface area contributed by atoms with E-state index in [4.69, 9.17) is 0 Å². The van der Waals surface area contributed by atoms with E-state index in [0.29, 0.717) is 0 Å². The maximum atomic E-state index is 13.5. The Morgan fingerprint density at radius 3 is 2.81 bits per heavy atom. The van der Waals surface area contributed by atoms with Crippen molar-refractivity contribution in [2.24, 2.45) is 0 Å². The van der Waals surface area contributed by atoms with Crippen LogP contribution in [0, 0.1) is 11.6 Å². The first-order valence-corrected chi connectivity index (χ1v) is 7.57. The van der Waals surface area contributed by atoms with Crippen molar-refractivity contribution in [3.8, 4) is 0 Å². The first-order valence-electron chi connectivity index (χ1n) is 6.69. The van der Waals surface area contributed by atoms with Crippen LogP contribution >= 0.6 is 11.3 Å². The summed E-state index contributed by atoms with van der Waals surface area (Å²) in [5, 5.41) is 4.41. The topological polar surface area (TPSA) is 33.5 Å². The smallest absolute Gasteiger partial charge is 0.279 e. The van der Waals surface area contributed by atoms with Gasteiger partial charge >= 0.3 is 0 Å². The first-order chi connectivity index (χ1) is 10.1. The Balaban J connectivity index is 1.95. The Morgan fingerprint density at radius 2 is 2.14 bits per heavy atom. The number of likely N-dealkylation sites (N-methyl/N-ethyl adjacent to an activating group) is 1. The van der Waals surface area contributed by atoms with Crippen LogP contribution in [0.15, 0.2) is 35.7 Å². The second-order valence-electron chi connectivity index (χ2n) is 4.71. The van der Waals surface area contributed by atoms with Gasteiger partial charge in [0.1, 0.15) is 18.2 Å². The molecule has 1 aromatic heterocycles. The van der Waals surface area contributed by atoms with Crippen LogP contribution in [0.5, 0.6) is 0 Å². The molecule has 1 heterocycles. The molecule has 0 aliphatic heterocycles. The Hall–Kier alpha value is -1.79. The number of benzene rings is 1. The van der Waals surface area contributed by atoms with Gasteiger partial charge < -0.3 is 10.2 Å². The minimum atomic E-state index is -0.638. The van der Waals surface area contributed by atoms with Gasteiger partial charge in [0.15, 0.2) is 6.54 Å². The fourth-order valence-corrected chi connectivity index (χ4v) is 2.76. The predicted molar refractivity (Wildman–Crippen MR) is 79.4 cm³/mol. The molecular formula is C15H17F2N2OS+. The fourth-order valence-electron chi connectivity index (χ4n) is 1.99. The molecular weight excluding hydrogens is 294 g/mol. The Bertz CT molecular complexity index is 602. The lowest BCUT2D eigenvalue weighted by Crippen LogP contribution is -3.11. The summed E-state index contributed by atoms with van der Waals surface area (Å²) >= 11 is 1.64. The van der Waals surface area contributed by atoms with Crippen LogP contribution in [0.3, 0.4) is 0 Å². The lowest BCUT2D eigenvalue weighted by Gasteiger charge is -2.16. The molecule has 1 unspecified atom stereocenters. The quantitative estimate of drug-likeness (QED) is 0.841. The molecule has 2 N–H and O–H groups in total. The van der Waals surface area contributed by atoms with Crippen LogP contribution in [-0.4, -0.2) is 19.0 Å². The van der Waals surface area contributed by atoms with Crippen LogP contribution in [0.2, 0.25) is 0 Å². The summed E-state index contributed by atoms with van der Waals surface area (Å²) in [5.41, 5.74) is -0.119. The van der Waals surface area contributed by atoms with Gasteiger partial charge in [-0.2, -0.15) is 0 Å². The van der Waals surface area contributed by atoms with Crippen molar-refractivity contribution in [2.75, 3.05) is 18.4 Å². The molecule has 2 rings (SSSR count). The molecule has 1 atom stereocenters. The molecule has 3 nitrogen and oxygen atoms in total. The lowest BCUT2D eigenvalue weighted by atomic mass is 10.3. The molecule has 21 heavy (non-hydrogen) atoms. The number of rotatable bonds is 6. The highest BCUT2D eigenvalue weighted by Gasteiger charge is 2.15. The maximum Gasteiger partial charge on any atom is 0.279 e. The Kier molecular flexibility index (Phi) is 5.41. The number of amides is 1. The molecule has 112 valence electrons. The number of quaternary nitrogens is 1. The molecule has 1 aromatic carbocycles. The highest BCUT2D eigenvalue weighted by molar-refractivity contribution is 7.09. The molecule has 1 amide bonds. The number of thiophene rings is 1. The average Bonchev–Trinajstić information content (AvgIpc) is 2.95. The van der Waals surface area contributed by atoms with E-state index in [1.807, 2.05) is 24.4 Å². The van der Waals surface area contributed by atoms with E-state index in [2.05, 4.69) is 5.32 Å². The van der Waals surface area contributed by atoms with Gasteiger partial charge in [0.2, 0.25) is 0 Å². The van der Waals surface area contributed by atoms with Gasteiger partial charge in [-0.15, -0.1) is 11.3 Å². The number of nitrogens with one attached hydrogen (secondary N) is 2. The van der Waals surface area contributed by atoms with Crippen molar-refractivity contribution in [1.82, 2.24) is 0 Å². The lowest BCUT2D eigenvalue weighted by molar-refractivity contribution is -0.903. The summed E-state index contributed by atoms with van der Waals surface area (Å²) in [7, 11) is 0. The second kappa shape index (κ2) is 7.28. The fraction of sp³-hybridized carbons (Fsp3) is 0.267. The van der Waals surface area contributed by atoms with Crippen LogP contribution < -0.4 is 10.2 Å². The van der Waals surface area contributed by atoms with Gasteiger partial charge in [-0.05, 0) is 30.5 Å². The Labute approximate surface area is 126 Å².